The van der Waals surface area contributed by atoms with Crippen molar-refractivity contribution in [3.8, 4) is 0 Å². The minimum atomic E-state index is 0.600. The van der Waals surface area contributed by atoms with Gasteiger partial charge in [0.1, 0.15) is 0 Å². The molecular formula is C2H6N4. The van der Waals surface area contributed by atoms with Gasteiger partial charge in [0.05, 0.1) is 6.54 Å². The molecule has 0 amide bonds. The normalized spacial score (nSPS) is 9.50. The van der Waals surface area contributed by atoms with Crippen LogP contribution in [-0.4, -0.2) is 6.54 Å². The third-order valence-electron chi connectivity index (χ3n) is 0.249. The fraction of sp³-hybridized carbons (Fsp3) is 1.00. The van der Waals surface area contributed by atoms with E-state index < -0.39 is 0 Å². The molecule has 0 aliphatic carbocycles. The first-order valence-corrected chi connectivity index (χ1v) is 1.65. The Morgan fingerprint density at radius 1 is 1.67 bits per heavy atom. The lowest BCUT2D eigenvalue weighted by Crippen LogP contribution is -1.57. The molecule has 0 spiro atoms. The molecular weight excluding hydrogens is 80.0 g/mol. The first-order valence-electron chi connectivity index (χ1n) is 1.65. The van der Waals surface area contributed by atoms with E-state index in [1.807, 2.05) is 6.92 Å². The van der Waals surface area contributed by atoms with Crippen LogP contribution in [0.15, 0.2) is 15.6 Å². The van der Waals surface area contributed by atoms with Crippen molar-refractivity contribution in [2.24, 2.45) is 15.6 Å². The van der Waals surface area contributed by atoms with Crippen LogP contribution in [0, 0.1) is 5.53 Å². The summed E-state index contributed by atoms with van der Waals surface area (Å²) in [7, 11) is 0. The second kappa shape index (κ2) is 4.20. The second-order valence-electron chi connectivity index (χ2n) is 0.647. The van der Waals surface area contributed by atoms with Gasteiger partial charge in [-0.15, -0.1) is 0 Å². The minimum absolute atomic E-state index is 0.600. The number of nitrogens with one attached hydrogen (secondary N) is 1. The molecule has 0 aromatic heterocycles. The molecule has 0 heterocycles. The van der Waals surface area contributed by atoms with Crippen molar-refractivity contribution in [2.75, 3.05) is 6.54 Å². The van der Waals surface area contributed by atoms with E-state index >= 15 is 0 Å². The fourth-order valence-corrected chi connectivity index (χ4v) is 0.0949. The van der Waals surface area contributed by atoms with Crippen LogP contribution >= 0.6 is 0 Å². The van der Waals surface area contributed by atoms with Crippen LogP contribution < -0.4 is 0 Å². The Labute approximate surface area is 35.8 Å². The Morgan fingerprint density at radius 3 is 2.50 bits per heavy atom. The lowest BCUT2D eigenvalue weighted by Gasteiger charge is -1.66. The van der Waals surface area contributed by atoms with Crippen molar-refractivity contribution in [1.82, 2.24) is 0 Å². The smallest absolute Gasteiger partial charge is 0.0593 e. The predicted octanol–water partition coefficient (Wildman–Crippen LogP) is 1.40. The van der Waals surface area contributed by atoms with E-state index in [4.69, 9.17) is 5.53 Å². The molecule has 0 bridgehead atoms. The van der Waals surface area contributed by atoms with Gasteiger partial charge in [0.25, 0.3) is 0 Å². The predicted molar refractivity (Wildman–Crippen MR) is 20.5 cm³/mol. The van der Waals surface area contributed by atoms with Gasteiger partial charge in [-0.05, 0) is 17.4 Å². The average Bonchev–Trinajstić information content (AvgIpc) is 1.61. The molecule has 34 valence electrons. The molecule has 0 saturated heterocycles. The highest BCUT2D eigenvalue weighted by Crippen LogP contribution is 1.70. The fourth-order valence-electron chi connectivity index (χ4n) is 0.0949. The van der Waals surface area contributed by atoms with Crippen molar-refractivity contribution in [3.05, 3.63) is 0 Å². The lowest BCUT2D eigenvalue weighted by molar-refractivity contribution is 0.847. The highest BCUT2D eigenvalue weighted by Gasteiger charge is 1.57. The van der Waals surface area contributed by atoms with E-state index in [1.54, 1.807) is 0 Å². The maximum Gasteiger partial charge on any atom is 0.0593 e. The van der Waals surface area contributed by atoms with E-state index in [2.05, 4.69) is 15.6 Å². The topological polar surface area (TPSA) is 60.9 Å². The summed E-state index contributed by atoms with van der Waals surface area (Å²) in [6.45, 7) is 2.43. The molecule has 0 unspecified atom stereocenters. The van der Waals surface area contributed by atoms with Crippen molar-refractivity contribution in [2.45, 2.75) is 6.92 Å². The summed E-state index contributed by atoms with van der Waals surface area (Å²) in [5.41, 5.74) is 6.07. The second-order valence-corrected chi connectivity index (χ2v) is 0.647. The van der Waals surface area contributed by atoms with E-state index in [0.717, 1.165) is 0 Å². The van der Waals surface area contributed by atoms with Crippen molar-refractivity contribution >= 4 is 0 Å². The quantitative estimate of drug-likeness (QED) is 0.390. The summed E-state index contributed by atoms with van der Waals surface area (Å²) in [5.74, 6) is 0. The summed E-state index contributed by atoms with van der Waals surface area (Å²) in [6.07, 6.45) is 0. The zero-order chi connectivity index (χ0) is 4.83. The summed E-state index contributed by atoms with van der Waals surface area (Å²) < 4.78 is 0. The Morgan fingerprint density at radius 2 is 2.33 bits per heavy atom. The molecule has 0 saturated carbocycles. The van der Waals surface area contributed by atoms with Gasteiger partial charge in [0, 0.05) is 0 Å². The number of hydrogen-bond acceptors (Lipinski definition) is 2. The molecule has 0 aromatic carbocycles. The molecule has 0 fully saturated rings. The molecule has 0 radical (unpaired) electrons. The summed E-state index contributed by atoms with van der Waals surface area (Å²) >= 11 is 0. The molecule has 0 aliphatic heterocycles. The standard InChI is InChI=1S/C2H6N4/c1-2-4-6-5-3/h3H,2H2,1H3/b5-3?,6-4-. The highest BCUT2D eigenvalue weighted by molar-refractivity contribution is 4.16. The average molecular weight is 86.1 g/mol. The number of nitrogens with zero attached hydrogens (tertiary/aromatic N) is 3. The molecule has 0 aliphatic rings. The van der Waals surface area contributed by atoms with Crippen LogP contribution in [0.3, 0.4) is 0 Å². The van der Waals surface area contributed by atoms with Crippen molar-refractivity contribution in [1.29, 1.82) is 5.53 Å². The molecule has 4 nitrogen and oxygen atoms in total. The maximum absolute atomic E-state index is 6.07. The lowest BCUT2D eigenvalue weighted by atomic mass is 10.8. The van der Waals surface area contributed by atoms with Gasteiger partial charge < -0.3 is 0 Å². The van der Waals surface area contributed by atoms with Crippen LogP contribution in [0.4, 0.5) is 0 Å². The van der Waals surface area contributed by atoms with Crippen LogP contribution in [0.5, 0.6) is 0 Å². The highest BCUT2D eigenvalue weighted by atomic mass is 15.4. The van der Waals surface area contributed by atoms with Gasteiger partial charge in [-0.3, -0.25) is 0 Å². The van der Waals surface area contributed by atoms with E-state index in [0.29, 0.717) is 6.54 Å². The van der Waals surface area contributed by atoms with E-state index in [1.165, 1.54) is 0 Å². The van der Waals surface area contributed by atoms with Gasteiger partial charge in [-0.1, -0.05) is 0 Å². The zero-order valence-corrected chi connectivity index (χ0v) is 3.55. The Hall–Kier alpha value is -0.800. The van der Waals surface area contributed by atoms with Gasteiger partial charge in [0.15, 0.2) is 0 Å². The van der Waals surface area contributed by atoms with E-state index in [9.17, 15) is 0 Å². The van der Waals surface area contributed by atoms with Crippen LogP contribution in [0.25, 0.3) is 0 Å². The summed E-state index contributed by atoms with van der Waals surface area (Å²) in [5, 5.41) is 9.00. The first-order chi connectivity index (χ1) is 2.91. The molecule has 0 atom stereocenters. The zero-order valence-electron chi connectivity index (χ0n) is 3.55. The van der Waals surface area contributed by atoms with Gasteiger partial charge in [0.2, 0.25) is 0 Å². The number of hydrogen-bond donors (Lipinski definition) is 1. The maximum atomic E-state index is 6.07. The monoisotopic (exact) mass is 86.1 g/mol. The van der Waals surface area contributed by atoms with Crippen molar-refractivity contribution < 1.29 is 0 Å². The molecule has 0 rings (SSSR count). The summed E-state index contributed by atoms with van der Waals surface area (Å²) in [4.78, 5) is 0. The van der Waals surface area contributed by atoms with Gasteiger partial charge in [-0.2, -0.15) is 10.6 Å². The first kappa shape index (κ1) is 5.20. The Kier molecular flexibility index (Phi) is 3.64. The van der Waals surface area contributed by atoms with Crippen molar-refractivity contribution in [3.63, 3.8) is 0 Å². The van der Waals surface area contributed by atoms with Gasteiger partial charge in [-0.25, -0.2) is 0 Å². The van der Waals surface area contributed by atoms with Crippen LogP contribution in [-0.2, 0) is 0 Å². The Balaban J connectivity index is 2.94. The third-order valence-corrected chi connectivity index (χ3v) is 0.249. The van der Waals surface area contributed by atoms with Crippen LogP contribution in [0.1, 0.15) is 6.92 Å². The number of rotatable bonds is 2. The summed E-state index contributed by atoms with van der Waals surface area (Å²) in [6, 6.07) is 0. The van der Waals surface area contributed by atoms with Crippen LogP contribution in [0.2, 0.25) is 0 Å². The molecule has 1 N–H and O–H groups in total. The molecule has 6 heavy (non-hydrogen) atoms. The molecule has 4 heteroatoms. The minimum Gasteiger partial charge on any atom is -0.183 e. The third kappa shape index (κ3) is 3.20. The van der Waals surface area contributed by atoms with E-state index in [-0.39, 0.29) is 0 Å². The van der Waals surface area contributed by atoms with Gasteiger partial charge >= 0.3 is 0 Å². The molecule has 0 aromatic rings. The Bertz CT molecular complexity index is 56.6. The SMILES string of the molecule is CC/N=N\N=N. The largest absolute Gasteiger partial charge is 0.183 e.